The minimum absolute atomic E-state index is 0.235. The molecule has 146 valence electrons. The smallest absolute Gasteiger partial charge is 0.338 e. The van der Waals surface area contributed by atoms with Gasteiger partial charge in [0.25, 0.3) is 5.91 Å². The quantitative estimate of drug-likeness (QED) is 0.498. The topological polar surface area (TPSA) is 83.6 Å². The number of H-pyrrole nitrogens is 1. The molecule has 2 aromatic heterocycles. The summed E-state index contributed by atoms with van der Waals surface area (Å²) in [6, 6.07) is 11.9. The van der Waals surface area contributed by atoms with Crippen molar-refractivity contribution in [2.75, 3.05) is 5.32 Å². The van der Waals surface area contributed by atoms with Crippen LogP contribution in [0, 0.1) is 0 Å². The molecule has 10 heteroatoms. The van der Waals surface area contributed by atoms with E-state index in [-0.39, 0.29) is 11.6 Å². The zero-order valence-electron chi connectivity index (χ0n) is 14.6. The molecular weight excluding hydrogens is 403 g/mol. The largest absolute Gasteiger partial charge is 0.416 e. The summed E-state index contributed by atoms with van der Waals surface area (Å²) in [7, 11) is 0. The maximum Gasteiger partial charge on any atom is 0.416 e. The van der Waals surface area contributed by atoms with E-state index in [4.69, 9.17) is 0 Å². The van der Waals surface area contributed by atoms with Crippen LogP contribution in [0.1, 0.15) is 16.1 Å². The van der Waals surface area contributed by atoms with Gasteiger partial charge in [0.1, 0.15) is 5.82 Å². The lowest BCUT2D eigenvalue weighted by molar-refractivity contribution is -0.137. The predicted molar refractivity (Wildman–Crippen MR) is 102 cm³/mol. The zero-order chi connectivity index (χ0) is 20.4. The Kier molecular flexibility index (Phi) is 4.85. The molecule has 0 aliphatic heterocycles. The van der Waals surface area contributed by atoms with Gasteiger partial charge in [-0.3, -0.25) is 4.79 Å². The van der Waals surface area contributed by atoms with Gasteiger partial charge >= 0.3 is 6.18 Å². The average molecular weight is 415 g/mol. The standard InChI is InChI=1S/C19H12F3N5OS/c20-19(21,22)13-3-1-2-12(8-13)17-23-9-15(25-17)11-4-6-14(7-5-11)24-18(28)16-10-29-27-26-16/h1-10H,(H,23,25)(H,24,28). The molecule has 0 bridgehead atoms. The number of alkyl halides is 3. The van der Waals surface area contributed by atoms with Crippen LogP contribution in [0.2, 0.25) is 0 Å². The van der Waals surface area contributed by atoms with E-state index in [2.05, 4.69) is 24.9 Å². The van der Waals surface area contributed by atoms with Crippen molar-refractivity contribution in [2.24, 2.45) is 0 Å². The van der Waals surface area contributed by atoms with Gasteiger partial charge in [-0.05, 0) is 41.4 Å². The molecule has 2 heterocycles. The average Bonchev–Trinajstić information content (AvgIpc) is 3.40. The first-order chi connectivity index (χ1) is 13.9. The highest BCUT2D eigenvalue weighted by atomic mass is 32.1. The second-order valence-electron chi connectivity index (χ2n) is 6.05. The van der Waals surface area contributed by atoms with Crippen LogP contribution < -0.4 is 5.32 Å². The fraction of sp³-hybridized carbons (Fsp3) is 0.0526. The molecule has 0 fully saturated rings. The van der Waals surface area contributed by atoms with E-state index in [9.17, 15) is 18.0 Å². The number of carbonyl (C=O) groups excluding carboxylic acids is 1. The van der Waals surface area contributed by atoms with Crippen molar-refractivity contribution in [3.63, 3.8) is 0 Å². The van der Waals surface area contributed by atoms with Crippen LogP contribution in [0.4, 0.5) is 18.9 Å². The van der Waals surface area contributed by atoms with E-state index in [0.29, 0.717) is 22.8 Å². The van der Waals surface area contributed by atoms with Crippen LogP contribution in [-0.4, -0.2) is 25.5 Å². The van der Waals surface area contributed by atoms with Crippen LogP contribution >= 0.6 is 11.5 Å². The summed E-state index contributed by atoms with van der Waals surface area (Å²) in [4.78, 5) is 19.2. The Morgan fingerprint density at radius 2 is 1.86 bits per heavy atom. The van der Waals surface area contributed by atoms with Gasteiger partial charge in [-0.1, -0.05) is 28.8 Å². The molecule has 0 spiro atoms. The monoisotopic (exact) mass is 415 g/mol. The van der Waals surface area contributed by atoms with E-state index in [0.717, 1.165) is 29.2 Å². The number of imidazole rings is 1. The van der Waals surface area contributed by atoms with Crippen molar-refractivity contribution in [3.05, 3.63) is 71.4 Å². The molecule has 4 aromatic rings. The Hall–Kier alpha value is -3.53. The lowest BCUT2D eigenvalue weighted by Gasteiger charge is -2.07. The molecule has 0 aliphatic carbocycles. The van der Waals surface area contributed by atoms with Crippen molar-refractivity contribution in [3.8, 4) is 22.6 Å². The summed E-state index contributed by atoms with van der Waals surface area (Å²) in [5.74, 6) is -0.0283. The third kappa shape index (κ3) is 4.16. The van der Waals surface area contributed by atoms with Gasteiger partial charge in [0.15, 0.2) is 5.69 Å². The SMILES string of the molecule is O=C(Nc1ccc(-c2cnc(-c3cccc(C(F)(F)F)c3)[nH]2)cc1)c1csnn1. The highest BCUT2D eigenvalue weighted by molar-refractivity contribution is 7.03. The first-order valence-corrected chi connectivity index (χ1v) is 9.15. The Balaban J connectivity index is 1.52. The number of nitrogens with zero attached hydrogens (tertiary/aromatic N) is 3. The minimum Gasteiger partial charge on any atom is -0.338 e. The fourth-order valence-corrected chi connectivity index (χ4v) is 3.09. The Bertz CT molecular complexity index is 1140. The number of hydrogen-bond donors (Lipinski definition) is 2. The number of anilines is 1. The van der Waals surface area contributed by atoms with E-state index >= 15 is 0 Å². The lowest BCUT2D eigenvalue weighted by Crippen LogP contribution is -2.12. The number of aromatic nitrogens is 4. The number of carbonyl (C=O) groups is 1. The predicted octanol–water partition coefficient (Wildman–Crippen LogP) is 4.87. The summed E-state index contributed by atoms with van der Waals surface area (Å²) in [6.45, 7) is 0. The number of aromatic amines is 1. The number of nitrogens with one attached hydrogen (secondary N) is 2. The third-order valence-corrected chi connectivity index (χ3v) is 4.59. The molecule has 0 saturated carbocycles. The molecule has 6 nitrogen and oxygen atoms in total. The van der Waals surface area contributed by atoms with Gasteiger partial charge in [-0.15, -0.1) is 5.10 Å². The van der Waals surface area contributed by atoms with Gasteiger partial charge in [0.2, 0.25) is 0 Å². The van der Waals surface area contributed by atoms with Crippen molar-refractivity contribution < 1.29 is 18.0 Å². The van der Waals surface area contributed by atoms with Gasteiger partial charge < -0.3 is 10.3 Å². The molecule has 0 atom stereocenters. The van der Waals surface area contributed by atoms with Crippen LogP contribution in [0.3, 0.4) is 0 Å². The van der Waals surface area contributed by atoms with Crippen molar-refractivity contribution >= 4 is 23.1 Å². The summed E-state index contributed by atoms with van der Waals surface area (Å²) >= 11 is 1.09. The minimum atomic E-state index is -4.42. The molecule has 0 radical (unpaired) electrons. The highest BCUT2D eigenvalue weighted by Gasteiger charge is 2.30. The van der Waals surface area contributed by atoms with E-state index in [1.54, 1.807) is 41.9 Å². The number of rotatable bonds is 4. The first-order valence-electron chi connectivity index (χ1n) is 8.31. The Morgan fingerprint density at radius 1 is 1.07 bits per heavy atom. The molecule has 2 aromatic carbocycles. The molecule has 0 aliphatic rings. The molecule has 4 rings (SSSR count). The van der Waals surface area contributed by atoms with E-state index in [1.165, 1.54) is 6.07 Å². The molecular formula is C19H12F3N5OS. The van der Waals surface area contributed by atoms with Crippen LogP contribution in [-0.2, 0) is 6.18 Å². The van der Waals surface area contributed by atoms with E-state index in [1.807, 2.05) is 0 Å². The summed E-state index contributed by atoms with van der Waals surface area (Å²) in [6.07, 6.45) is -2.87. The number of amides is 1. The second kappa shape index (κ2) is 7.47. The molecule has 29 heavy (non-hydrogen) atoms. The number of halogens is 3. The third-order valence-electron chi connectivity index (χ3n) is 4.09. The number of benzene rings is 2. The highest BCUT2D eigenvalue weighted by Crippen LogP contribution is 2.32. The van der Waals surface area contributed by atoms with Crippen LogP contribution in [0.25, 0.3) is 22.6 Å². The Labute approximate surface area is 166 Å². The normalized spacial score (nSPS) is 11.4. The van der Waals surface area contributed by atoms with Crippen molar-refractivity contribution in [1.29, 1.82) is 0 Å². The van der Waals surface area contributed by atoms with Gasteiger partial charge in [-0.2, -0.15) is 13.2 Å². The Morgan fingerprint density at radius 3 is 2.55 bits per heavy atom. The zero-order valence-corrected chi connectivity index (χ0v) is 15.4. The van der Waals surface area contributed by atoms with Gasteiger partial charge in [-0.25, -0.2) is 4.98 Å². The van der Waals surface area contributed by atoms with Crippen LogP contribution in [0.5, 0.6) is 0 Å². The van der Waals surface area contributed by atoms with Gasteiger partial charge in [0, 0.05) is 16.6 Å². The fourth-order valence-electron chi connectivity index (χ4n) is 2.65. The summed E-state index contributed by atoms with van der Waals surface area (Å²) in [5, 5.41) is 7.96. The molecule has 0 saturated heterocycles. The molecule has 0 unspecified atom stereocenters. The van der Waals surface area contributed by atoms with E-state index < -0.39 is 11.7 Å². The molecule has 2 N–H and O–H groups in total. The molecule has 1 amide bonds. The maximum atomic E-state index is 12.9. The van der Waals surface area contributed by atoms with Crippen molar-refractivity contribution in [2.45, 2.75) is 6.18 Å². The maximum absolute atomic E-state index is 12.9. The van der Waals surface area contributed by atoms with Crippen molar-refractivity contribution in [1.82, 2.24) is 19.6 Å². The van der Waals surface area contributed by atoms with Crippen LogP contribution in [0.15, 0.2) is 60.1 Å². The number of hydrogen-bond acceptors (Lipinski definition) is 5. The summed E-state index contributed by atoms with van der Waals surface area (Å²) in [5.41, 5.74) is 1.82. The second-order valence-corrected chi connectivity index (χ2v) is 6.66. The lowest BCUT2D eigenvalue weighted by atomic mass is 10.1. The first kappa shape index (κ1) is 18.8. The summed E-state index contributed by atoms with van der Waals surface area (Å²) < 4.78 is 42.4. The van der Waals surface area contributed by atoms with Gasteiger partial charge in [0.05, 0.1) is 17.5 Å².